The van der Waals surface area contributed by atoms with Gasteiger partial charge < -0.3 is 10.1 Å². The van der Waals surface area contributed by atoms with Crippen molar-refractivity contribution in [2.45, 2.75) is 39.5 Å². The number of hydrogen-bond acceptors (Lipinski definition) is 5. The van der Waals surface area contributed by atoms with Crippen molar-refractivity contribution in [2.75, 3.05) is 18.5 Å². The van der Waals surface area contributed by atoms with Gasteiger partial charge in [0.1, 0.15) is 0 Å². The normalized spacial score (nSPS) is 27.3. The Hall–Kier alpha value is -2.70. The lowest BCUT2D eigenvalue weighted by atomic mass is 9.81. The molecule has 1 heterocycles. The Morgan fingerprint density at radius 3 is 2.21 bits per heavy atom. The van der Waals surface area contributed by atoms with Crippen molar-refractivity contribution in [3.05, 3.63) is 29.3 Å². The number of anilines is 1. The highest BCUT2D eigenvalue weighted by Crippen LogP contribution is 2.56. The summed E-state index contributed by atoms with van der Waals surface area (Å²) in [4.78, 5) is 50.5. The molecule has 3 fully saturated rings. The maximum Gasteiger partial charge on any atom is 0.308 e. The molecule has 3 amide bonds. The second-order valence-electron chi connectivity index (χ2n) is 8.55. The lowest BCUT2D eigenvalue weighted by molar-refractivity contribution is -0.149. The molecule has 154 valence electrons. The third-order valence-electron chi connectivity index (χ3n) is 6.43. The molecule has 1 aromatic carbocycles. The number of nitrogens with one attached hydrogen (secondary N) is 1. The fourth-order valence-electron chi connectivity index (χ4n) is 5.36. The molecule has 1 saturated heterocycles. The smallest absolute Gasteiger partial charge is 0.308 e. The number of esters is 1. The van der Waals surface area contributed by atoms with Crippen LogP contribution in [0.1, 0.15) is 36.8 Å². The van der Waals surface area contributed by atoms with Crippen LogP contribution in [0.3, 0.4) is 0 Å². The number of aryl methyl sites for hydroxylation is 2. The molecule has 7 nitrogen and oxygen atoms in total. The van der Waals surface area contributed by atoms with Crippen molar-refractivity contribution in [1.82, 2.24) is 4.90 Å². The second kappa shape index (κ2) is 7.61. The van der Waals surface area contributed by atoms with E-state index in [1.165, 1.54) is 4.90 Å². The third-order valence-corrected chi connectivity index (χ3v) is 6.43. The van der Waals surface area contributed by atoms with E-state index in [0.29, 0.717) is 17.5 Å². The Bertz CT molecular complexity index is 832. The van der Waals surface area contributed by atoms with Crippen LogP contribution in [0.2, 0.25) is 0 Å². The molecule has 0 aromatic heterocycles. The van der Waals surface area contributed by atoms with Gasteiger partial charge in [0.15, 0.2) is 6.61 Å². The van der Waals surface area contributed by atoms with Gasteiger partial charge in [-0.25, -0.2) is 0 Å². The fraction of sp³-hybridized carbons (Fsp3) is 0.545. The molecule has 1 aromatic rings. The first-order valence-electron chi connectivity index (χ1n) is 10.2. The molecule has 29 heavy (non-hydrogen) atoms. The summed E-state index contributed by atoms with van der Waals surface area (Å²) >= 11 is 0. The summed E-state index contributed by atoms with van der Waals surface area (Å²) in [6.45, 7) is 3.50. The van der Waals surface area contributed by atoms with Crippen LogP contribution in [-0.4, -0.2) is 41.7 Å². The number of amides is 3. The lowest BCUT2D eigenvalue weighted by Gasteiger charge is -2.19. The van der Waals surface area contributed by atoms with E-state index < -0.39 is 18.5 Å². The standard InChI is InChI=1S/C22H26N2O5/c1-12-7-13(2)9-16(8-12)23-17(25)11-29-18(26)5-6-24-21(27)19-14-3-4-15(10-14)20(19)22(24)28/h7-9,14-15,19-20H,3-6,10-11H2,1-2H3,(H,23,25)/t14-,15+,19-,20-/m0/s1. The summed E-state index contributed by atoms with van der Waals surface area (Å²) in [7, 11) is 0. The van der Waals surface area contributed by atoms with Crippen LogP contribution in [0, 0.1) is 37.5 Å². The van der Waals surface area contributed by atoms with Crippen LogP contribution in [-0.2, 0) is 23.9 Å². The van der Waals surface area contributed by atoms with Crippen molar-refractivity contribution >= 4 is 29.4 Å². The molecule has 3 aliphatic rings. The Labute approximate surface area is 169 Å². The number of likely N-dealkylation sites (tertiary alicyclic amines) is 1. The van der Waals surface area contributed by atoms with Gasteiger partial charge in [-0.1, -0.05) is 6.07 Å². The number of benzene rings is 1. The van der Waals surface area contributed by atoms with Gasteiger partial charge in [0, 0.05) is 12.2 Å². The number of nitrogens with zero attached hydrogens (tertiary/aromatic N) is 1. The zero-order valence-electron chi connectivity index (χ0n) is 16.8. The van der Waals surface area contributed by atoms with E-state index in [1.54, 1.807) is 0 Å². The van der Waals surface area contributed by atoms with Crippen molar-refractivity contribution in [3.63, 3.8) is 0 Å². The Morgan fingerprint density at radius 1 is 1.03 bits per heavy atom. The summed E-state index contributed by atoms with van der Waals surface area (Å²) in [5.41, 5.74) is 2.70. The van der Waals surface area contributed by atoms with Crippen LogP contribution in [0.4, 0.5) is 5.69 Å². The van der Waals surface area contributed by atoms with Crippen LogP contribution < -0.4 is 5.32 Å². The molecule has 4 atom stereocenters. The highest BCUT2D eigenvalue weighted by atomic mass is 16.5. The summed E-state index contributed by atoms with van der Waals surface area (Å²) in [5.74, 6) is -0.995. The zero-order chi connectivity index (χ0) is 20.7. The van der Waals surface area contributed by atoms with Gasteiger partial charge in [-0.15, -0.1) is 0 Å². The molecule has 0 radical (unpaired) electrons. The Balaban J connectivity index is 1.24. The van der Waals surface area contributed by atoms with Gasteiger partial charge in [0.25, 0.3) is 5.91 Å². The minimum atomic E-state index is -0.596. The average molecular weight is 398 g/mol. The number of hydrogen-bond donors (Lipinski definition) is 1. The number of ether oxygens (including phenoxy) is 1. The van der Waals surface area contributed by atoms with E-state index in [1.807, 2.05) is 32.0 Å². The number of carbonyl (C=O) groups excluding carboxylic acids is 4. The summed E-state index contributed by atoms with van der Waals surface area (Å²) in [5, 5.41) is 2.70. The molecule has 1 aliphatic heterocycles. The molecular formula is C22H26N2O5. The van der Waals surface area contributed by atoms with Gasteiger partial charge in [0.05, 0.1) is 18.3 Å². The summed E-state index contributed by atoms with van der Waals surface area (Å²) in [6.07, 6.45) is 2.94. The van der Waals surface area contributed by atoms with Crippen molar-refractivity contribution < 1.29 is 23.9 Å². The van der Waals surface area contributed by atoms with E-state index in [0.717, 1.165) is 30.4 Å². The molecule has 7 heteroatoms. The maximum absolute atomic E-state index is 12.6. The molecular weight excluding hydrogens is 372 g/mol. The quantitative estimate of drug-likeness (QED) is 0.586. The largest absolute Gasteiger partial charge is 0.456 e. The van der Waals surface area contributed by atoms with Crippen LogP contribution in [0.15, 0.2) is 18.2 Å². The summed E-state index contributed by atoms with van der Waals surface area (Å²) < 4.78 is 5.02. The topological polar surface area (TPSA) is 92.8 Å². The Morgan fingerprint density at radius 2 is 1.62 bits per heavy atom. The van der Waals surface area contributed by atoms with E-state index in [2.05, 4.69) is 5.32 Å². The van der Waals surface area contributed by atoms with Crippen molar-refractivity contribution in [1.29, 1.82) is 0 Å². The molecule has 2 bridgehead atoms. The first kappa shape index (κ1) is 19.6. The Kier molecular flexibility index (Phi) is 5.15. The maximum atomic E-state index is 12.6. The third kappa shape index (κ3) is 3.78. The number of imide groups is 1. The van der Waals surface area contributed by atoms with Gasteiger partial charge in [-0.05, 0) is 68.2 Å². The first-order chi connectivity index (χ1) is 13.8. The predicted molar refractivity (Wildman–Crippen MR) is 105 cm³/mol. The van der Waals surface area contributed by atoms with Crippen LogP contribution in [0.25, 0.3) is 0 Å². The van der Waals surface area contributed by atoms with E-state index in [-0.39, 0.29) is 36.6 Å². The molecule has 0 spiro atoms. The zero-order valence-corrected chi connectivity index (χ0v) is 16.8. The van der Waals surface area contributed by atoms with Gasteiger partial charge >= 0.3 is 5.97 Å². The van der Waals surface area contributed by atoms with E-state index >= 15 is 0 Å². The van der Waals surface area contributed by atoms with E-state index in [4.69, 9.17) is 4.74 Å². The molecule has 1 N–H and O–H groups in total. The SMILES string of the molecule is Cc1cc(C)cc(NC(=O)COC(=O)CCN2C(=O)[C@H]3[C@@H]4CC[C@@H](C4)[C@@H]3C2=O)c1. The first-order valence-corrected chi connectivity index (χ1v) is 10.2. The molecule has 2 aliphatic carbocycles. The monoisotopic (exact) mass is 398 g/mol. The van der Waals surface area contributed by atoms with Gasteiger partial charge in [-0.3, -0.25) is 24.1 Å². The molecule has 4 rings (SSSR count). The summed E-state index contributed by atoms with van der Waals surface area (Å²) in [6, 6.07) is 5.67. The van der Waals surface area contributed by atoms with E-state index in [9.17, 15) is 19.2 Å². The second-order valence-corrected chi connectivity index (χ2v) is 8.55. The van der Waals surface area contributed by atoms with Gasteiger partial charge in [0.2, 0.25) is 11.8 Å². The number of carbonyl (C=O) groups is 4. The minimum absolute atomic E-state index is 0.0294. The van der Waals surface area contributed by atoms with Crippen molar-refractivity contribution in [2.24, 2.45) is 23.7 Å². The van der Waals surface area contributed by atoms with Crippen molar-refractivity contribution in [3.8, 4) is 0 Å². The number of rotatable bonds is 6. The highest BCUT2D eigenvalue weighted by molar-refractivity contribution is 6.06. The molecule has 0 unspecified atom stereocenters. The van der Waals surface area contributed by atoms with Crippen LogP contribution >= 0.6 is 0 Å². The lowest BCUT2D eigenvalue weighted by Crippen LogP contribution is -2.35. The van der Waals surface area contributed by atoms with Crippen LogP contribution in [0.5, 0.6) is 0 Å². The highest BCUT2D eigenvalue weighted by Gasteiger charge is 2.60. The fourth-order valence-corrected chi connectivity index (χ4v) is 5.36. The molecule has 2 saturated carbocycles. The average Bonchev–Trinajstić information content (AvgIpc) is 3.32. The van der Waals surface area contributed by atoms with Gasteiger partial charge in [-0.2, -0.15) is 0 Å². The minimum Gasteiger partial charge on any atom is -0.456 e. The number of fused-ring (bicyclic) bond motifs is 5. The predicted octanol–water partition coefficient (Wildman–Crippen LogP) is 2.21.